The lowest BCUT2D eigenvalue weighted by Crippen LogP contribution is -2.02. The maximum Gasteiger partial charge on any atom is 0.211 e. The first-order valence-electron chi connectivity index (χ1n) is 6.21. The van der Waals surface area contributed by atoms with E-state index in [4.69, 9.17) is 4.74 Å². The minimum Gasteiger partial charge on any atom is -0.491 e. The molecule has 0 saturated heterocycles. The van der Waals surface area contributed by atoms with Crippen molar-refractivity contribution < 1.29 is 9.53 Å². The van der Waals surface area contributed by atoms with Crippen LogP contribution >= 0.6 is 0 Å². The summed E-state index contributed by atoms with van der Waals surface area (Å²) in [5.74, 6) is 0.749. The average molecular weight is 235 g/mol. The van der Waals surface area contributed by atoms with Gasteiger partial charge in [0, 0.05) is 0 Å². The fraction of sp³-hybridized carbons (Fsp3) is 0.500. The van der Waals surface area contributed by atoms with Crippen molar-refractivity contribution in [2.45, 2.75) is 39.5 Å². The van der Waals surface area contributed by atoms with E-state index in [0.29, 0.717) is 13.0 Å². The summed E-state index contributed by atoms with van der Waals surface area (Å²) in [6.45, 7) is 4.88. The Labute approximate surface area is 103 Å². The molecule has 1 aromatic rings. The predicted octanol–water partition coefficient (Wildman–Crippen LogP) is 3.52. The zero-order valence-electron chi connectivity index (χ0n) is 10.7. The van der Waals surface area contributed by atoms with Crippen LogP contribution in [-0.4, -0.2) is 13.0 Å². The average Bonchev–Trinajstić information content (AvgIpc) is 2.32. The minimum atomic E-state index is 0.679. The molecule has 0 aliphatic heterocycles. The molecule has 94 valence electrons. The third kappa shape index (κ3) is 4.89. The number of carbonyl (C=O) groups is 1. The van der Waals surface area contributed by atoms with Gasteiger partial charge in [0.05, 0.1) is 12.3 Å². The molecule has 0 aromatic heterocycles. The van der Waals surface area contributed by atoms with Crippen molar-refractivity contribution in [1.82, 2.24) is 0 Å². The van der Waals surface area contributed by atoms with Gasteiger partial charge in [-0.3, -0.25) is 4.79 Å². The highest BCUT2D eigenvalue weighted by Crippen LogP contribution is 2.25. The number of nitrogens with one attached hydrogen (secondary N) is 1. The summed E-state index contributed by atoms with van der Waals surface area (Å²) in [5.41, 5.74) is 1.85. The lowest BCUT2D eigenvalue weighted by atomic mass is 10.2. The molecule has 0 aliphatic carbocycles. The number of aryl methyl sites for hydroxylation is 1. The van der Waals surface area contributed by atoms with Crippen molar-refractivity contribution in [3.05, 3.63) is 23.8 Å². The highest BCUT2D eigenvalue weighted by Gasteiger charge is 2.03. The van der Waals surface area contributed by atoms with Crippen LogP contribution in [0.4, 0.5) is 5.69 Å². The van der Waals surface area contributed by atoms with E-state index >= 15 is 0 Å². The van der Waals surface area contributed by atoms with E-state index in [1.165, 1.54) is 19.3 Å². The second kappa shape index (κ2) is 7.71. The quantitative estimate of drug-likeness (QED) is 0.553. The molecule has 3 heteroatoms. The first-order valence-corrected chi connectivity index (χ1v) is 6.21. The van der Waals surface area contributed by atoms with E-state index in [1.54, 1.807) is 0 Å². The van der Waals surface area contributed by atoms with Crippen LogP contribution in [0.2, 0.25) is 0 Å². The van der Waals surface area contributed by atoms with E-state index < -0.39 is 0 Å². The first-order chi connectivity index (χ1) is 8.27. The standard InChI is InChI=1S/C14H21NO2/c1-3-4-5-6-9-17-14-8-7-12(2)10-13(14)15-11-16/h7-8,10-11H,3-6,9H2,1-2H3,(H,15,16). The smallest absolute Gasteiger partial charge is 0.211 e. The second-order valence-corrected chi connectivity index (χ2v) is 4.17. The van der Waals surface area contributed by atoms with E-state index in [1.807, 2.05) is 25.1 Å². The second-order valence-electron chi connectivity index (χ2n) is 4.17. The van der Waals surface area contributed by atoms with Crippen LogP contribution < -0.4 is 10.1 Å². The molecule has 0 atom stereocenters. The summed E-state index contributed by atoms with van der Waals surface area (Å²) in [6, 6.07) is 5.80. The molecular formula is C14H21NO2. The number of carbonyl (C=O) groups excluding carboxylic acids is 1. The summed E-state index contributed by atoms with van der Waals surface area (Å²) in [4.78, 5) is 10.5. The molecule has 0 radical (unpaired) electrons. The Morgan fingerprint density at radius 2 is 2.12 bits per heavy atom. The Morgan fingerprint density at radius 3 is 2.82 bits per heavy atom. The van der Waals surface area contributed by atoms with Gasteiger partial charge in [0.25, 0.3) is 0 Å². The Bertz CT molecular complexity index is 350. The summed E-state index contributed by atoms with van der Waals surface area (Å²) >= 11 is 0. The van der Waals surface area contributed by atoms with Crippen molar-refractivity contribution >= 4 is 12.1 Å². The van der Waals surface area contributed by atoms with Crippen LogP contribution in [0.5, 0.6) is 5.75 Å². The van der Waals surface area contributed by atoms with Crippen LogP contribution in [0.1, 0.15) is 38.2 Å². The number of unbranched alkanes of at least 4 members (excludes halogenated alkanes) is 3. The van der Waals surface area contributed by atoms with Gasteiger partial charge in [0.1, 0.15) is 5.75 Å². The van der Waals surface area contributed by atoms with Crippen molar-refractivity contribution in [1.29, 1.82) is 0 Å². The molecule has 0 aliphatic rings. The first kappa shape index (κ1) is 13.6. The number of ether oxygens (including phenoxy) is 1. The topological polar surface area (TPSA) is 38.3 Å². The molecule has 3 nitrogen and oxygen atoms in total. The fourth-order valence-corrected chi connectivity index (χ4v) is 1.66. The van der Waals surface area contributed by atoms with E-state index in [2.05, 4.69) is 12.2 Å². The molecule has 0 heterocycles. The Hall–Kier alpha value is -1.51. The van der Waals surface area contributed by atoms with Crippen molar-refractivity contribution in [3.8, 4) is 5.75 Å². The molecule has 0 bridgehead atoms. The molecule has 1 amide bonds. The Balaban J connectivity index is 2.48. The number of amides is 1. The fourth-order valence-electron chi connectivity index (χ4n) is 1.66. The molecule has 0 fully saturated rings. The van der Waals surface area contributed by atoms with Gasteiger partial charge in [0.2, 0.25) is 6.41 Å². The van der Waals surface area contributed by atoms with Crippen LogP contribution in [0, 0.1) is 6.92 Å². The normalized spacial score (nSPS) is 10.0. The van der Waals surface area contributed by atoms with Crippen LogP contribution in [0.25, 0.3) is 0 Å². The van der Waals surface area contributed by atoms with Gasteiger partial charge in [-0.25, -0.2) is 0 Å². The number of benzene rings is 1. The molecule has 0 unspecified atom stereocenters. The van der Waals surface area contributed by atoms with Crippen molar-refractivity contribution in [2.24, 2.45) is 0 Å². The molecular weight excluding hydrogens is 214 g/mol. The highest BCUT2D eigenvalue weighted by atomic mass is 16.5. The Kier molecular flexibility index (Phi) is 6.15. The SMILES string of the molecule is CCCCCCOc1ccc(C)cc1NC=O. The predicted molar refractivity (Wildman–Crippen MR) is 70.5 cm³/mol. The number of hydrogen-bond donors (Lipinski definition) is 1. The van der Waals surface area contributed by atoms with Gasteiger partial charge in [-0.2, -0.15) is 0 Å². The number of rotatable bonds is 8. The molecule has 1 aromatic carbocycles. The van der Waals surface area contributed by atoms with Gasteiger partial charge in [-0.15, -0.1) is 0 Å². The van der Waals surface area contributed by atoms with Gasteiger partial charge in [-0.05, 0) is 31.0 Å². The van der Waals surface area contributed by atoms with E-state index in [0.717, 1.165) is 23.4 Å². The van der Waals surface area contributed by atoms with Gasteiger partial charge in [-0.1, -0.05) is 32.3 Å². The zero-order valence-corrected chi connectivity index (χ0v) is 10.7. The summed E-state index contributed by atoms with van der Waals surface area (Å²) in [5, 5.41) is 2.66. The molecule has 0 saturated carbocycles. The van der Waals surface area contributed by atoms with Crippen LogP contribution in [0.15, 0.2) is 18.2 Å². The van der Waals surface area contributed by atoms with Gasteiger partial charge >= 0.3 is 0 Å². The zero-order chi connectivity index (χ0) is 12.5. The molecule has 0 spiro atoms. The molecule has 17 heavy (non-hydrogen) atoms. The van der Waals surface area contributed by atoms with Crippen LogP contribution in [0.3, 0.4) is 0 Å². The molecule has 1 N–H and O–H groups in total. The lowest BCUT2D eigenvalue weighted by Gasteiger charge is -2.11. The monoisotopic (exact) mass is 235 g/mol. The van der Waals surface area contributed by atoms with Gasteiger partial charge < -0.3 is 10.1 Å². The maximum atomic E-state index is 10.5. The number of hydrogen-bond acceptors (Lipinski definition) is 2. The summed E-state index contributed by atoms with van der Waals surface area (Å²) in [6.07, 6.45) is 5.40. The van der Waals surface area contributed by atoms with E-state index in [-0.39, 0.29) is 0 Å². The Morgan fingerprint density at radius 1 is 1.29 bits per heavy atom. The van der Waals surface area contributed by atoms with Gasteiger partial charge in [0.15, 0.2) is 0 Å². The highest BCUT2D eigenvalue weighted by molar-refractivity contribution is 5.75. The largest absolute Gasteiger partial charge is 0.491 e. The third-order valence-corrected chi connectivity index (χ3v) is 2.60. The summed E-state index contributed by atoms with van der Waals surface area (Å²) < 4.78 is 5.67. The number of anilines is 1. The summed E-state index contributed by atoms with van der Waals surface area (Å²) in [7, 11) is 0. The van der Waals surface area contributed by atoms with Crippen molar-refractivity contribution in [2.75, 3.05) is 11.9 Å². The minimum absolute atomic E-state index is 0.679. The lowest BCUT2D eigenvalue weighted by molar-refractivity contribution is -0.105. The van der Waals surface area contributed by atoms with Crippen LogP contribution in [-0.2, 0) is 4.79 Å². The third-order valence-electron chi connectivity index (χ3n) is 2.60. The molecule has 1 rings (SSSR count). The van der Waals surface area contributed by atoms with Crippen molar-refractivity contribution in [3.63, 3.8) is 0 Å². The van der Waals surface area contributed by atoms with E-state index in [9.17, 15) is 4.79 Å². The maximum absolute atomic E-state index is 10.5.